The topological polar surface area (TPSA) is 48.1 Å². The standard InChI is InChI=1S/C15H18BrN3O/c1-10-8-11(16)4-6-13(10)17-9-12-5-7-14(18-12)15(20)19(2)3/h4-8,17-18H,9H2,1-3H3. The van der Waals surface area contributed by atoms with Crippen molar-refractivity contribution < 1.29 is 4.79 Å². The number of amides is 1. The monoisotopic (exact) mass is 335 g/mol. The zero-order chi connectivity index (χ0) is 14.7. The van der Waals surface area contributed by atoms with Crippen LogP contribution in [-0.4, -0.2) is 29.9 Å². The fourth-order valence-electron chi connectivity index (χ4n) is 1.92. The maximum absolute atomic E-state index is 11.8. The van der Waals surface area contributed by atoms with E-state index in [1.165, 1.54) is 5.56 Å². The molecule has 0 spiro atoms. The Bertz CT molecular complexity index is 619. The van der Waals surface area contributed by atoms with Crippen molar-refractivity contribution in [2.24, 2.45) is 0 Å². The highest BCUT2D eigenvalue weighted by Gasteiger charge is 2.10. The number of hydrogen-bond acceptors (Lipinski definition) is 2. The lowest BCUT2D eigenvalue weighted by Crippen LogP contribution is -2.22. The minimum absolute atomic E-state index is 0.0175. The van der Waals surface area contributed by atoms with E-state index in [-0.39, 0.29) is 5.91 Å². The predicted octanol–water partition coefficient (Wildman–Crippen LogP) is 3.40. The van der Waals surface area contributed by atoms with Crippen molar-refractivity contribution in [1.29, 1.82) is 0 Å². The minimum atomic E-state index is -0.0175. The van der Waals surface area contributed by atoms with Gasteiger partial charge in [-0.1, -0.05) is 15.9 Å². The van der Waals surface area contributed by atoms with Gasteiger partial charge in [-0.3, -0.25) is 4.79 Å². The summed E-state index contributed by atoms with van der Waals surface area (Å²) in [5.41, 5.74) is 3.86. The molecule has 0 fully saturated rings. The van der Waals surface area contributed by atoms with E-state index < -0.39 is 0 Å². The van der Waals surface area contributed by atoms with Gasteiger partial charge in [-0.15, -0.1) is 0 Å². The number of rotatable bonds is 4. The van der Waals surface area contributed by atoms with Gasteiger partial charge in [0.15, 0.2) is 0 Å². The second-order valence-electron chi connectivity index (χ2n) is 4.91. The summed E-state index contributed by atoms with van der Waals surface area (Å²) in [6.07, 6.45) is 0. The number of halogens is 1. The third kappa shape index (κ3) is 3.42. The van der Waals surface area contributed by atoms with Crippen molar-refractivity contribution in [3.63, 3.8) is 0 Å². The highest BCUT2D eigenvalue weighted by Crippen LogP contribution is 2.20. The molecule has 0 saturated heterocycles. The van der Waals surface area contributed by atoms with E-state index in [1.807, 2.05) is 24.3 Å². The Balaban J connectivity index is 2.03. The highest BCUT2D eigenvalue weighted by atomic mass is 79.9. The van der Waals surface area contributed by atoms with Gasteiger partial charge in [-0.05, 0) is 42.8 Å². The van der Waals surface area contributed by atoms with Gasteiger partial charge >= 0.3 is 0 Å². The first-order valence-corrected chi connectivity index (χ1v) is 7.16. The molecular weight excluding hydrogens is 318 g/mol. The van der Waals surface area contributed by atoms with Crippen LogP contribution in [0.5, 0.6) is 0 Å². The molecule has 1 aromatic carbocycles. The lowest BCUT2D eigenvalue weighted by atomic mass is 10.2. The number of aromatic amines is 1. The molecule has 0 aliphatic heterocycles. The van der Waals surface area contributed by atoms with Gasteiger partial charge in [0.1, 0.15) is 5.69 Å². The smallest absolute Gasteiger partial charge is 0.269 e. The van der Waals surface area contributed by atoms with E-state index in [2.05, 4.69) is 39.2 Å². The summed E-state index contributed by atoms with van der Waals surface area (Å²) in [6, 6.07) is 9.85. The predicted molar refractivity (Wildman–Crippen MR) is 85.0 cm³/mol. The van der Waals surface area contributed by atoms with Crippen LogP contribution in [0.25, 0.3) is 0 Å². The van der Waals surface area contributed by atoms with Gasteiger partial charge in [-0.25, -0.2) is 0 Å². The van der Waals surface area contributed by atoms with Crippen LogP contribution in [-0.2, 0) is 6.54 Å². The number of hydrogen-bond donors (Lipinski definition) is 2. The summed E-state index contributed by atoms with van der Waals surface area (Å²) in [5.74, 6) is -0.0175. The number of aryl methyl sites for hydroxylation is 1. The number of carbonyl (C=O) groups is 1. The Morgan fingerprint density at radius 1 is 1.30 bits per heavy atom. The molecule has 0 saturated carbocycles. The van der Waals surface area contributed by atoms with Gasteiger partial charge in [-0.2, -0.15) is 0 Å². The van der Waals surface area contributed by atoms with Gasteiger partial charge in [0, 0.05) is 29.9 Å². The molecule has 0 aliphatic carbocycles. The molecule has 1 amide bonds. The Morgan fingerprint density at radius 3 is 2.70 bits per heavy atom. The fraction of sp³-hybridized carbons (Fsp3) is 0.267. The fourth-order valence-corrected chi connectivity index (χ4v) is 2.40. The number of aromatic nitrogens is 1. The van der Waals surface area contributed by atoms with Gasteiger partial charge in [0.2, 0.25) is 0 Å². The van der Waals surface area contributed by atoms with Crippen LogP contribution < -0.4 is 5.32 Å². The normalized spacial score (nSPS) is 10.4. The van der Waals surface area contributed by atoms with E-state index in [1.54, 1.807) is 19.0 Å². The molecule has 4 nitrogen and oxygen atoms in total. The van der Waals surface area contributed by atoms with Gasteiger partial charge in [0.25, 0.3) is 5.91 Å². The summed E-state index contributed by atoms with van der Waals surface area (Å²) >= 11 is 3.45. The number of H-pyrrole nitrogens is 1. The van der Waals surface area contributed by atoms with Crippen LogP contribution in [0.4, 0.5) is 5.69 Å². The SMILES string of the molecule is Cc1cc(Br)ccc1NCc1ccc(C(=O)N(C)C)[nH]1. The second-order valence-corrected chi connectivity index (χ2v) is 5.83. The average molecular weight is 336 g/mol. The first-order chi connectivity index (χ1) is 9.47. The summed E-state index contributed by atoms with van der Waals surface area (Å²) in [7, 11) is 3.48. The van der Waals surface area contributed by atoms with Crippen molar-refractivity contribution >= 4 is 27.5 Å². The zero-order valence-corrected chi connectivity index (χ0v) is 13.4. The minimum Gasteiger partial charge on any atom is -0.379 e. The third-order valence-corrected chi connectivity index (χ3v) is 3.53. The molecule has 5 heteroatoms. The van der Waals surface area contributed by atoms with Crippen LogP contribution in [0.15, 0.2) is 34.8 Å². The molecule has 106 valence electrons. The maximum Gasteiger partial charge on any atom is 0.269 e. The van der Waals surface area contributed by atoms with E-state index >= 15 is 0 Å². The second kappa shape index (κ2) is 6.13. The number of nitrogens with one attached hydrogen (secondary N) is 2. The third-order valence-electron chi connectivity index (χ3n) is 3.04. The van der Waals surface area contributed by atoms with E-state index in [0.29, 0.717) is 12.2 Å². The highest BCUT2D eigenvalue weighted by molar-refractivity contribution is 9.10. The molecule has 20 heavy (non-hydrogen) atoms. The summed E-state index contributed by atoms with van der Waals surface area (Å²) < 4.78 is 1.07. The van der Waals surface area contributed by atoms with Crippen LogP contribution >= 0.6 is 15.9 Å². The molecule has 0 unspecified atom stereocenters. The van der Waals surface area contributed by atoms with E-state index in [0.717, 1.165) is 15.9 Å². The quantitative estimate of drug-likeness (QED) is 0.899. The van der Waals surface area contributed by atoms with Crippen molar-refractivity contribution in [2.75, 3.05) is 19.4 Å². The van der Waals surface area contributed by atoms with Crippen LogP contribution in [0.3, 0.4) is 0 Å². The number of anilines is 1. The summed E-state index contributed by atoms with van der Waals surface area (Å²) in [4.78, 5) is 16.5. The van der Waals surface area contributed by atoms with Crippen molar-refractivity contribution in [1.82, 2.24) is 9.88 Å². The number of nitrogens with zero attached hydrogens (tertiary/aromatic N) is 1. The van der Waals surface area contributed by atoms with Crippen LogP contribution in [0.2, 0.25) is 0 Å². The Labute approximate surface area is 127 Å². The molecular formula is C15H18BrN3O. The molecule has 2 rings (SSSR count). The Hall–Kier alpha value is -1.75. The lowest BCUT2D eigenvalue weighted by Gasteiger charge is -2.10. The number of benzene rings is 1. The molecule has 0 aliphatic rings. The first-order valence-electron chi connectivity index (χ1n) is 6.37. The molecule has 2 aromatic rings. The van der Waals surface area contributed by atoms with E-state index in [9.17, 15) is 4.79 Å². The van der Waals surface area contributed by atoms with Crippen LogP contribution in [0, 0.1) is 6.92 Å². The van der Waals surface area contributed by atoms with Crippen molar-refractivity contribution in [2.45, 2.75) is 13.5 Å². The molecule has 2 N–H and O–H groups in total. The van der Waals surface area contributed by atoms with Crippen molar-refractivity contribution in [3.05, 3.63) is 51.8 Å². The summed E-state index contributed by atoms with van der Waals surface area (Å²) in [5, 5.41) is 3.36. The molecule has 0 bridgehead atoms. The zero-order valence-electron chi connectivity index (χ0n) is 11.8. The largest absolute Gasteiger partial charge is 0.379 e. The number of carbonyl (C=O) groups excluding carboxylic acids is 1. The van der Waals surface area contributed by atoms with Crippen LogP contribution in [0.1, 0.15) is 21.7 Å². The molecule has 0 atom stereocenters. The Kier molecular flexibility index (Phi) is 4.49. The maximum atomic E-state index is 11.8. The summed E-state index contributed by atoms with van der Waals surface area (Å²) in [6.45, 7) is 2.71. The molecule has 0 radical (unpaired) electrons. The molecule has 1 aromatic heterocycles. The average Bonchev–Trinajstić information content (AvgIpc) is 2.85. The van der Waals surface area contributed by atoms with Gasteiger partial charge < -0.3 is 15.2 Å². The lowest BCUT2D eigenvalue weighted by molar-refractivity contribution is 0.0822. The van der Waals surface area contributed by atoms with Crippen molar-refractivity contribution in [3.8, 4) is 0 Å². The van der Waals surface area contributed by atoms with E-state index in [4.69, 9.17) is 0 Å². The van der Waals surface area contributed by atoms with Gasteiger partial charge in [0.05, 0.1) is 6.54 Å². The molecule has 1 heterocycles. The Morgan fingerprint density at radius 2 is 2.05 bits per heavy atom. The first kappa shape index (κ1) is 14.7.